The maximum atomic E-state index is 6.20. The Bertz CT molecular complexity index is 577. The number of anilines is 1. The molecule has 1 unspecified atom stereocenters. The minimum atomic E-state index is 0.174. The van der Waals surface area contributed by atoms with E-state index in [9.17, 15) is 0 Å². The van der Waals surface area contributed by atoms with E-state index in [1.165, 1.54) is 5.56 Å². The lowest BCUT2D eigenvalue weighted by Gasteiger charge is -2.14. The molecule has 4 heteroatoms. The minimum Gasteiger partial charge on any atom is -0.488 e. The highest BCUT2D eigenvalue weighted by atomic mass is 127. The number of benzene rings is 2. The van der Waals surface area contributed by atoms with Crippen LogP contribution < -0.4 is 10.1 Å². The molecule has 2 nitrogen and oxygen atoms in total. The van der Waals surface area contributed by atoms with Gasteiger partial charge in [0.1, 0.15) is 11.9 Å². The third-order valence-electron chi connectivity index (χ3n) is 3.17. The van der Waals surface area contributed by atoms with E-state index < -0.39 is 0 Å². The third-order valence-corrected chi connectivity index (χ3v) is 4.15. The van der Waals surface area contributed by atoms with E-state index in [2.05, 4.69) is 34.0 Å². The molecule has 98 valence electrons. The van der Waals surface area contributed by atoms with E-state index >= 15 is 0 Å². The molecule has 3 rings (SSSR count). The molecule has 2 aromatic rings. The van der Waals surface area contributed by atoms with Crippen LogP contribution in [0.5, 0.6) is 5.75 Å². The highest BCUT2D eigenvalue weighted by Crippen LogP contribution is 2.29. The van der Waals surface area contributed by atoms with Gasteiger partial charge in [-0.15, -0.1) is 0 Å². The maximum absolute atomic E-state index is 6.20. The van der Waals surface area contributed by atoms with Gasteiger partial charge >= 0.3 is 0 Å². The van der Waals surface area contributed by atoms with Crippen LogP contribution in [0, 0.1) is 3.57 Å². The van der Waals surface area contributed by atoms with Crippen LogP contribution in [-0.2, 0) is 6.42 Å². The topological polar surface area (TPSA) is 21.3 Å². The van der Waals surface area contributed by atoms with Gasteiger partial charge in [-0.05, 0) is 52.4 Å². The van der Waals surface area contributed by atoms with Crippen molar-refractivity contribution >= 4 is 39.9 Å². The van der Waals surface area contributed by atoms with Gasteiger partial charge in [0.05, 0.1) is 17.3 Å². The molecule has 1 N–H and O–H groups in total. The summed E-state index contributed by atoms with van der Waals surface area (Å²) in [5, 5.41) is 4.11. The Hall–Kier alpha value is -0.940. The van der Waals surface area contributed by atoms with E-state index in [1.807, 2.05) is 36.4 Å². The first-order chi connectivity index (χ1) is 9.22. The fourth-order valence-corrected chi connectivity index (χ4v) is 3.15. The fraction of sp³-hybridized carbons (Fsp3) is 0.200. The van der Waals surface area contributed by atoms with Crippen LogP contribution in [0.3, 0.4) is 0 Å². The lowest BCUT2D eigenvalue weighted by atomic mass is 10.1. The third kappa shape index (κ3) is 2.98. The van der Waals surface area contributed by atoms with Crippen molar-refractivity contribution in [2.45, 2.75) is 12.5 Å². The van der Waals surface area contributed by atoms with Crippen LogP contribution in [0.15, 0.2) is 42.5 Å². The number of rotatable bonds is 3. The van der Waals surface area contributed by atoms with Crippen molar-refractivity contribution in [3.63, 3.8) is 0 Å². The van der Waals surface area contributed by atoms with Crippen molar-refractivity contribution in [2.75, 3.05) is 11.9 Å². The molecule has 1 heterocycles. The molecule has 0 saturated carbocycles. The molecule has 0 aromatic heterocycles. The van der Waals surface area contributed by atoms with Crippen molar-refractivity contribution in [3.8, 4) is 5.75 Å². The van der Waals surface area contributed by atoms with Gasteiger partial charge in [-0.2, -0.15) is 0 Å². The summed E-state index contributed by atoms with van der Waals surface area (Å²) in [5.74, 6) is 1.00. The zero-order chi connectivity index (χ0) is 13.2. The Kier molecular flexibility index (Phi) is 3.84. The second-order valence-electron chi connectivity index (χ2n) is 4.56. The number of nitrogens with one attached hydrogen (secondary N) is 1. The normalized spacial score (nSPS) is 16.8. The van der Waals surface area contributed by atoms with Gasteiger partial charge in [-0.25, -0.2) is 0 Å². The molecule has 1 atom stereocenters. The Morgan fingerprint density at radius 1 is 1.26 bits per heavy atom. The first-order valence-corrected chi connectivity index (χ1v) is 7.61. The molecular weight excluding hydrogens is 373 g/mol. The summed E-state index contributed by atoms with van der Waals surface area (Å²) in [6.07, 6.45) is 1.12. The van der Waals surface area contributed by atoms with Crippen LogP contribution >= 0.6 is 34.2 Å². The lowest BCUT2D eigenvalue weighted by molar-refractivity contribution is 0.246. The Balaban J connectivity index is 1.63. The largest absolute Gasteiger partial charge is 0.488 e. The van der Waals surface area contributed by atoms with Gasteiger partial charge in [-0.1, -0.05) is 29.8 Å². The zero-order valence-corrected chi connectivity index (χ0v) is 13.1. The molecule has 0 saturated heterocycles. The summed E-state index contributed by atoms with van der Waals surface area (Å²) in [6.45, 7) is 0.759. The monoisotopic (exact) mass is 385 g/mol. The van der Waals surface area contributed by atoms with Gasteiger partial charge in [0.25, 0.3) is 0 Å². The summed E-state index contributed by atoms with van der Waals surface area (Å²) < 4.78 is 7.02. The van der Waals surface area contributed by atoms with E-state index in [-0.39, 0.29) is 6.10 Å². The van der Waals surface area contributed by atoms with Gasteiger partial charge in [0.2, 0.25) is 0 Å². The first-order valence-electron chi connectivity index (χ1n) is 6.16. The van der Waals surface area contributed by atoms with Gasteiger partial charge in [0, 0.05) is 9.99 Å². The molecule has 0 bridgehead atoms. The van der Waals surface area contributed by atoms with Gasteiger partial charge < -0.3 is 10.1 Å². The molecule has 0 spiro atoms. The molecule has 0 amide bonds. The van der Waals surface area contributed by atoms with Crippen molar-refractivity contribution in [2.24, 2.45) is 0 Å². The Morgan fingerprint density at radius 2 is 2.11 bits per heavy atom. The second kappa shape index (κ2) is 5.59. The molecule has 2 aromatic carbocycles. The van der Waals surface area contributed by atoms with E-state index in [0.29, 0.717) is 0 Å². The average molecular weight is 386 g/mol. The first kappa shape index (κ1) is 13.1. The average Bonchev–Trinajstić information content (AvgIpc) is 2.80. The van der Waals surface area contributed by atoms with Crippen LogP contribution in [0.25, 0.3) is 0 Å². The number of hydrogen-bond donors (Lipinski definition) is 1. The van der Waals surface area contributed by atoms with Crippen molar-refractivity contribution in [1.29, 1.82) is 0 Å². The standard InChI is InChI=1S/C15H13ClINO/c16-13-8-11(17)5-6-14(13)18-9-12-7-10-3-1-2-4-15(10)19-12/h1-6,8,12,18H,7,9H2. The number of para-hydroxylation sites is 1. The van der Waals surface area contributed by atoms with E-state index in [1.54, 1.807) is 0 Å². The summed E-state index contributed by atoms with van der Waals surface area (Å²) in [7, 11) is 0. The van der Waals surface area contributed by atoms with Crippen molar-refractivity contribution in [3.05, 3.63) is 56.6 Å². The van der Waals surface area contributed by atoms with Crippen LogP contribution in [-0.4, -0.2) is 12.6 Å². The molecular formula is C15H13ClINO. The molecule has 19 heavy (non-hydrogen) atoms. The fourth-order valence-electron chi connectivity index (χ4n) is 2.22. The van der Waals surface area contributed by atoms with Gasteiger partial charge in [-0.3, -0.25) is 0 Å². The lowest BCUT2D eigenvalue weighted by Crippen LogP contribution is -2.24. The maximum Gasteiger partial charge on any atom is 0.123 e. The van der Waals surface area contributed by atoms with Crippen LogP contribution in [0.4, 0.5) is 5.69 Å². The smallest absolute Gasteiger partial charge is 0.123 e. The Labute approximate surface area is 131 Å². The molecule has 0 radical (unpaired) electrons. The number of fused-ring (bicyclic) bond motifs is 1. The van der Waals surface area contributed by atoms with Crippen LogP contribution in [0.1, 0.15) is 5.56 Å². The number of hydrogen-bond acceptors (Lipinski definition) is 2. The summed E-state index contributed by atoms with van der Waals surface area (Å²) in [6, 6.07) is 14.2. The van der Waals surface area contributed by atoms with Crippen molar-refractivity contribution in [1.82, 2.24) is 0 Å². The number of halogens is 2. The number of ether oxygens (including phenoxy) is 1. The molecule has 1 aliphatic heterocycles. The summed E-state index contributed by atoms with van der Waals surface area (Å²) in [4.78, 5) is 0. The minimum absolute atomic E-state index is 0.174. The molecule has 0 fully saturated rings. The zero-order valence-electron chi connectivity index (χ0n) is 10.2. The predicted octanol–water partition coefficient (Wildman–Crippen LogP) is 4.36. The summed E-state index contributed by atoms with van der Waals surface area (Å²) in [5.41, 5.74) is 2.24. The SMILES string of the molecule is Clc1cc(I)ccc1NCC1Cc2ccccc2O1. The van der Waals surface area contributed by atoms with Crippen molar-refractivity contribution < 1.29 is 4.74 Å². The second-order valence-corrected chi connectivity index (χ2v) is 6.21. The highest BCUT2D eigenvalue weighted by molar-refractivity contribution is 14.1. The van der Waals surface area contributed by atoms with E-state index in [4.69, 9.17) is 16.3 Å². The molecule has 1 aliphatic rings. The van der Waals surface area contributed by atoms with Gasteiger partial charge in [0.15, 0.2) is 0 Å². The quantitative estimate of drug-likeness (QED) is 0.793. The van der Waals surface area contributed by atoms with E-state index in [0.717, 1.165) is 33.0 Å². The summed E-state index contributed by atoms with van der Waals surface area (Å²) >= 11 is 8.45. The molecule has 0 aliphatic carbocycles. The highest BCUT2D eigenvalue weighted by Gasteiger charge is 2.21. The predicted molar refractivity (Wildman–Crippen MR) is 87.2 cm³/mol. The Morgan fingerprint density at radius 3 is 2.89 bits per heavy atom. The van der Waals surface area contributed by atoms with Crippen LogP contribution in [0.2, 0.25) is 5.02 Å².